The molecule has 1 N–H and O–H groups in total. The van der Waals surface area contributed by atoms with Crippen LogP contribution >= 0.6 is 0 Å². The van der Waals surface area contributed by atoms with Crippen molar-refractivity contribution in [1.82, 2.24) is 5.32 Å². The van der Waals surface area contributed by atoms with Crippen LogP contribution in [-0.4, -0.2) is 20.1 Å². The smallest absolute Gasteiger partial charge is 0.252 e. The zero-order valence-corrected chi connectivity index (χ0v) is 11.2. The van der Waals surface area contributed by atoms with E-state index >= 15 is 0 Å². The maximum Gasteiger partial charge on any atom is 0.252 e. The molecule has 0 aromatic heterocycles. The van der Waals surface area contributed by atoms with Gasteiger partial charge in [-0.15, -0.1) is 0 Å². The second-order valence-electron chi connectivity index (χ2n) is 4.95. The van der Waals surface area contributed by atoms with E-state index in [-0.39, 0.29) is 11.9 Å². The van der Waals surface area contributed by atoms with Gasteiger partial charge >= 0.3 is 0 Å². The predicted molar refractivity (Wildman–Crippen MR) is 69.2 cm³/mol. The first-order chi connectivity index (χ1) is 8.56. The van der Waals surface area contributed by atoms with Crippen LogP contribution in [0.1, 0.15) is 42.2 Å². The molecule has 1 atom stereocenters. The van der Waals surface area contributed by atoms with Gasteiger partial charge in [-0.1, -0.05) is 13.8 Å². The largest absolute Gasteiger partial charge is 0.493 e. The fourth-order valence-electron chi connectivity index (χ4n) is 2.35. The highest BCUT2D eigenvalue weighted by Gasteiger charge is 2.30. The highest BCUT2D eigenvalue weighted by Crippen LogP contribution is 2.38. The molecule has 0 aliphatic carbocycles. The van der Waals surface area contributed by atoms with Crippen molar-refractivity contribution < 1.29 is 14.3 Å². The maximum absolute atomic E-state index is 11.9. The minimum atomic E-state index is -0.0309. The van der Waals surface area contributed by atoms with E-state index in [0.717, 1.165) is 12.0 Å². The third kappa shape index (κ3) is 2.15. The van der Waals surface area contributed by atoms with Gasteiger partial charge in [0.15, 0.2) is 11.5 Å². The highest BCUT2D eigenvalue weighted by molar-refractivity contribution is 5.99. The number of methoxy groups -OCH3 is 2. The van der Waals surface area contributed by atoms with Gasteiger partial charge < -0.3 is 14.8 Å². The van der Waals surface area contributed by atoms with Crippen LogP contribution in [0.5, 0.6) is 11.5 Å². The normalized spacial score (nSPS) is 17.6. The molecule has 0 unspecified atom stereocenters. The van der Waals surface area contributed by atoms with Gasteiger partial charge in [0.1, 0.15) is 0 Å². The Kier molecular flexibility index (Phi) is 3.45. The van der Waals surface area contributed by atoms with Crippen molar-refractivity contribution in [2.45, 2.75) is 26.3 Å². The monoisotopic (exact) mass is 249 g/mol. The first-order valence-corrected chi connectivity index (χ1v) is 6.13. The Hall–Kier alpha value is -1.71. The zero-order chi connectivity index (χ0) is 13.3. The zero-order valence-electron chi connectivity index (χ0n) is 11.2. The van der Waals surface area contributed by atoms with Crippen LogP contribution in [0.15, 0.2) is 12.1 Å². The van der Waals surface area contributed by atoms with Gasteiger partial charge in [-0.2, -0.15) is 0 Å². The number of amides is 1. The summed E-state index contributed by atoms with van der Waals surface area (Å²) >= 11 is 0. The lowest BCUT2D eigenvalue weighted by Gasteiger charge is -2.15. The van der Waals surface area contributed by atoms with Gasteiger partial charge in [0.05, 0.1) is 20.3 Å². The molecule has 1 aliphatic rings. The molecule has 0 radical (unpaired) electrons. The molecule has 0 fully saturated rings. The summed E-state index contributed by atoms with van der Waals surface area (Å²) in [5.41, 5.74) is 1.70. The Balaban J connectivity index is 2.43. The van der Waals surface area contributed by atoms with E-state index in [9.17, 15) is 4.79 Å². The van der Waals surface area contributed by atoms with E-state index < -0.39 is 0 Å². The van der Waals surface area contributed by atoms with Crippen molar-refractivity contribution in [3.8, 4) is 11.5 Å². The standard InChI is InChI=1S/C14H19NO3/c1-8(2)5-11-9-6-12(17-3)13(18-4)7-10(9)14(16)15-11/h6-8,11H,5H2,1-4H3,(H,15,16)/t11-/m0/s1. The molecule has 98 valence electrons. The molecule has 1 aliphatic heterocycles. The molecule has 18 heavy (non-hydrogen) atoms. The fourth-order valence-corrected chi connectivity index (χ4v) is 2.35. The van der Waals surface area contributed by atoms with Crippen LogP contribution in [0.3, 0.4) is 0 Å². The lowest BCUT2D eigenvalue weighted by atomic mass is 9.96. The Morgan fingerprint density at radius 3 is 2.39 bits per heavy atom. The van der Waals surface area contributed by atoms with Crippen molar-refractivity contribution in [2.75, 3.05) is 14.2 Å². The summed E-state index contributed by atoms with van der Waals surface area (Å²) in [6.45, 7) is 4.29. The van der Waals surface area contributed by atoms with Crippen molar-refractivity contribution in [3.05, 3.63) is 23.3 Å². The first kappa shape index (κ1) is 12.7. The Morgan fingerprint density at radius 1 is 1.22 bits per heavy atom. The molecule has 0 bridgehead atoms. The summed E-state index contributed by atoms with van der Waals surface area (Å²) in [4.78, 5) is 11.9. The predicted octanol–water partition coefficient (Wildman–Crippen LogP) is 2.53. The molecule has 4 nitrogen and oxygen atoms in total. The number of ether oxygens (including phenoxy) is 2. The van der Waals surface area contributed by atoms with E-state index in [2.05, 4.69) is 19.2 Å². The van der Waals surface area contributed by atoms with Crippen molar-refractivity contribution in [2.24, 2.45) is 5.92 Å². The van der Waals surface area contributed by atoms with Crippen LogP contribution in [0.25, 0.3) is 0 Å². The number of benzene rings is 1. The van der Waals surface area contributed by atoms with Crippen LogP contribution in [0, 0.1) is 5.92 Å². The van der Waals surface area contributed by atoms with Crippen molar-refractivity contribution in [1.29, 1.82) is 0 Å². The quantitative estimate of drug-likeness (QED) is 0.892. The Labute approximate surface area is 107 Å². The molecule has 0 saturated carbocycles. The van der Waals surface area contributed by atoms with Gasteiger partial charge in [0, 0.05) is 5.56 Å². The van der Waals surface area contributed by atoms with Crippen LogP contribution < -0.4 is 14.8 Å². The van der Waals surface area contributed by atoms with Gasteiger partial charge in [-0.25, -0.2) is 0 Å². The topological polar surface area (TPSA) is 47.6 Å². The average molecular weight is 249 g/mol. The number of hydrogen-bond donors (Lipinski definition) is 1. The Morgan fingerprint density at radius 2 is 1.83 bits per heavy atom. The molecule has 1 amide bonds. The van der Waals surface area contributed by atoms with Gasteiger partial charge in [-0.05, 0) is 30.0 Å². The summed E-state index contributed by atoms with van der Waals surface area (Å²) in [5, 5.41) is 3.00. The molecule has 2 rings (SSSR count). The van der Waals surface area contributed by atoms with E-state index in [4.69, 9.17) is 9.47 Å². The van der Waals surface area contributed by atoms with Gasteiger partial charge in [-0.3, -0.25) is 4.79 Å². The fraction of sp³-hybridized carbons (Fsp3) is 0.500. The number of nitrogens with one attached hydrogen (secondary N) is 1. The van der Waals surface area contributed by atoms with Crippen LogP contribution in [-0.2, 0) is 0 Å². The number of carbonyl (C=O) groups is 1. The van der Waals surface area contributed by atoms with E-state index in [0.29, 0.717) is 23.0 Å². The SMILES string of the molecule is COc1cc2c(cc1OC)[C@H](CC(C)C)NC2=O. The molecule has 0 saturated heterocycles. The third-order valence-corrected chi connectivity index (χ3v) is 3.19. The second-order valence-corrected chi connectivity index (χ2v) is 4.95. The summed E-state index contributed by atoms with van der Waals surface area (Å²) in [6.07, 6.45) is 0.925. The van der Waals surface area contributed by atoms with Gasteiger partial charge in [0.2, 0.25) is 0 Å². The summed E-state index contributed by atoms with van der Waals surface area (Å²) in [6, 6.07) is 3.73. The van der Waals surface area contributed by atoms with E-state index in [1.807, 2.05) is 6.07 Å². The molecule has 1 aromatic rings. The number of hydrogen-bond acceptors (Lipinski definition) is 3. The van der Waals surface area contributed by atoms with E-state index in [1.54, 1.807) is 20.3 Å². The maximum atomic E-state index is 11.9. The van der Waals surface area contributed by atoms with Crippen LogP contribution in [0.4, 0.5) is 0 Å². The minimum absolute atomic E-state index is 0.0309. The van der Waals surface area contributed by atoms with Crippen molar-refractivity contribution in [3.63, 3.8) is 0 Å². The summed E-state index contributed by atoms with van der Waals surface area (Å²) in [7, 11) is 3.18. The summed E-state index contributed by atoms with van der Waals surface area (Å²) in [5.74, 6) is 1.75. The highest BCUT2D eigenvalue weighted by atomic mass is 16.5. The second kappa shape index (κ2) is 4.88. The summed E-state index contributed by atoms with van der Waals surface area (Å²) < 4.78 is 10.5. The molecule has 1 heterocycles. The minimum Gasteiger partial charge on any atom is -0.493 e. The number of fused-ring (bicyclic) bond motifs is 1. The van der Waals surface area contributed by atoms with E-state index in [1.165, 1.54) is 0 Å². The Bertz CT molecular complexity index is 468. The molecule has 1 aromatic carbocycles. The van der Waals surface area contributed by atoms with Gasteiger partial charge in [0.25, 0.3) is 5.91 Å². The lowest BCUT2D eigenvalue weighted by Crippen LogP contribution is -2.20. The lowest BCUT2D eigenvalue weighted by molar-refractivity contribution is 0.0953. The average Bonchev–Trinajstić information content (AvgIpc) is 2.63. The molecular formula is C14H19NO3. The first-order valence-electron chi connectivity index (χ1n) is 6.13. The third-order valence-electron chi connectivity index (χ3n) is 3.19. The van der Waals surface area contributed by atoms with Crippen molar-refractivity contribution >= 4 is 5.91 Å². The number of rotatable bonds is 4. The molecule has 0 spiro atoms. The molecular weight excluding hydrogens is 230 g/mol. The van der Waals surface area contributed by atoms with Crippen LogP contribution in [0.2, 0.25) is 0 Å². The number of carbonyl (C=O) groups excluding carboxylic acids is 1. The molecule has 4 heteroatoms.